The van der Waals surface area contributed by atoms with Crippen molar-refractivity contribution in [2.75, 3.05) is 49.6 Å². The molecule has 6 rings (SSSR count). The van der Waals surface area contributed by atoms with Gasteiger partial charge in [-0.15, -0.1) is 0 Å². The fourth-order valence-electron chi connectivity index (χ4n) is 4.87. The Balaban J connectivity index is 1.04. The van der Waals surface area contributed by atoms with E-state index in [4.69, 9.17) is 9.26 Å². The lowest BCUT2D eigenvalue weighted by molar-refractivity contribution is -0.136. The van der Waals surface area contributed by atoms with Gasteiger partial charge < -0.3 is 24.0 Å². The van der Waals surface area contributed by atoms with Crippen LogP contribution >= 0.6 is 0 Å². The summed E-state index contributed by atoms with van der Waals surface area (Å²) in [5.41, 5.74) is 1.59. The molecule has 10 heteroatoms. The van der Waals surface area contributed by atoms with Crippen LogP contribution in [-0.4, -0.2) is 71.7 Å². The maximum atomic E-state index is 13.2. The quantitative estimate of drug-likeness (QED) is 0.522. The van der Waals surface area contributed by atoms with Gasteiger partial charge in [0.05, 0.1) is 13.0 Å². The molecule has 1 saturated carbocycles. The number of carbonyl (C=O) groups excluding carboxylic acids is 2. The van der Waals surface area contributed by atoms with Gasteiger partial charge in [-0.3, -0.25) is 9.59 Å². The second-order valence-electron chi connectivity index (χ2n) is 9.55. The van der Waals surface area contributed by atoms with Crippen LogP contribution in [0.1, 0.15) is 31.1 Å². The SMILES string of the molecule is COc1cccc(N2CC(C(=O)N3CCN(c4ccc(-c5noc(C6CC6)n5)cn4)CC3)CC2=O)c1. The van der Waals surface area contributed by atoms with Crippen LogP contribution in [0.5, 0.6) is 5.75 Å². The number of amides is 2. The number of methoxy groups -OCH3 is 1. The van der Waals surface area contributed by atoms with Crippen LogP contribution in [0.25, 0.3) is 11.4 Å². The van der Waals surface area contributed by atoms with Gasteiger partial charge in [-0.05, 0) is 37.1 Å². The molecule has 3 aliphatic rings. The molecule has 1 unspecified atom stereocenters. The summed E-state index contributed by atoms with van der Waals surface area (Å²) >= 11 is 0. The zero-order valence-electron chi connectivity index (χ0n) is 20.2. The first-order valence-electron chi connectivity index (χ1n) is 12.4. The molecule has 1 atom stereocenters. The van der Waals surface area contributed by atoms with Crippen LogP contribution in [0.15, 0.2) is 47.1 Å². The molecule has 2 aromatic heterocycles. The number of ether oxygens (including phenoxy) is 1. The number of benzene rings is 1. The van der Waals surface area contributed by atoms with Crippen molar-refractivity contribution in [1.82, 2.24) is 20.0 Å². The molecule has 36 heavy (non-hydrogen) atoms. The first-order valence-corrected chi connectivity index (χ1v) is 12.4. The second-order valence-corrected chi connectivity index (χ2v) is 9.55. The van der Waals surface area contributed by atoms with Gasteiger partial charge in [-0.25, -0.2) is 4.98 Å². The lowest BCUT2D eigenvalue weighted by Crippen LogP contribution is -2.51. The van der Waals surface area contributed by atoms with Gasteiger partial charge in [-0.1, -0.05) is 11.2 Å². The number of carbonyl (C=O) groups is 2. The highest BCUT2D eigenvalue weighted by atomic mass is 16.5. The average molecular weight is 489 g/mol. The molecule has 10 nitrogen and oxygen atoms in total. The number of pyridine rings is 1. The Labute approximate surface area is 208 Å². The van der Waals surface area contributed by atoms with Crippen molar-refractivity contribution in [2.24, 2.45) is 5.92 Å². The van der Waals surface area contributed by atoms with Crippen LogP contribution in [0, 0.1) is 5.92 Å². The van der Waals surface area contributed by atoms with Gasteiger partial charge in [0.2, 0.25) is 23.5 Å². The largest absolute Gasteiger partial charge is 0.497 e. The molecule has 0 spiro atoms. The van der Waals surface area contributed by atoms with Crippen molar-refractivity contribution in [3.63, 3.8) is 0 Å². The van der Waals surface area contributed by atoms with E-state index in [2.05, 4.69) is 20.0 Å². The van der Waals surface area contributed by atoms with Crippen molar-refractivity contribution < 1.29 is 18.8 Å². The van der Waals surface area contributed by atoms with E-state index >= 15 is 0 Å². The number of aromatic nitrogens is 3. The van der Waals surface area contributed by atoms with E-state index in [1.807, 2.05) is 41.3 Å². The Hall–Kier alpha value is -3.95. The fraction of sp³-hybridized carbons (Fsp3) is 0.423. The molecule has 2 amide bonds. The standard InChI is InChI=1S/C26H28N6O4/c1-35-21-4-2-3-20(14-21)32-16-19(13-23(32)33)26(34)31-11-9-30(10-12-31)22-8-7-18(15-27-22)24-28-25(36-29-24)17-5-6-17/h2-4,7-8,14-15,17,19H,5-6,9-13,16H2,1H3. The number of anilines is 2. The van der Waals surface area contributed by atoms with Gasteiger partial charge >= 0.3 is 0 Å². The molecule has 0 bridgehead atoms. The van der Waals surface area contributed by atoms with Crippen molar-refractivity contribution in [3.05, 3.63) is 48.5 Å². The fourth-order valence-corrected chi connectivity index (χ4v) is 4.87. The summed E-state index contributed by atoms with van der Waals surface area (Å²) in [4.78, 5) is 40.7. The highest BCUT2D eigenvalue weighted by Gasteiger charge is 2.38. The van der Waals surface area contributed by atoms with Crippen molar-refractivity contribution in [3.8, 4) is 17.1 Å². The van der Waals surface area contributed by atoms with Crippen LogP contribution in [0.3, 0.4) is 0 Å². The summed E-state index contributed by atoms with van der Waals surface area (Å²) in [6.45, 7) is 2.97. The molecular weight excluding hydrogens is 460 g/mol. The lowest BCUT2D eigenvalue weighted by Gasteiger charge is -2.36. The predicted octanol–water partition coefficient (Wildman–Crippen LogP) is 2.72. The average Bonchev–Trinajstić information content (AvgIpc) is 3.53. The lowest BCUT2D eigenvalue weighted by atomic mass is 10.1. The molecule has 3 aromatic rings. The van der Waals surface area contributed by atoms with E-state index in [9.17, 15) is 9.59 Å². The topological polar surface area (TPSA) is 105 Å². The summed E-state index contributed by atoms with van der Waals surface area (Å²) < 4.78 is 10.6. The van der Waals surface area contributed by atoms with E-state index in [1.165, 1.54) is 0 Å². The third-order valence-electron chi connectivity index (χ3n) is 7.13. The summed E-state index contributed by atoms with van der Waals surface area (Å²) in [6, 6.07) is 11.3. The van der Waals surface area contributed by atoms with E-state index in [-0.39, 0.29) is 24.2 Å². The maximum absolute atomic E-state index is 13.2. The van der Waals surface area contributed by atoms with E-state index < -0.39 is 0 Å². The normalized spacial score (nSPS) is 20.2. The minimum Gasteiger partial charge on any atom is -0.497 e. The molecular formula is C26H28N6O4. The zero-order chi connectivity index (χ0) is 24.6. The Kier molecular flexibility index (Phi) is 5.79. The summed E-state index contributed by atoms with van der Waals surface area (Å²) in [5.74, 6) is 2.93. The number of rotatable bonds is 6. The van der Waals surface area contributed by atoms with Gasteiger partial charge in [0.15, 0.2) is 0 Å². The molecule has 1 aliphatic carbocycles. The Bertz CT molecular complexity index is 1260. The third kappa shape index (κ3) is 4.38. The summed E-state index contributed by atoms with van der Waals surface area (Å²) in [7, 11) is 1.60. The van der Waals surface area contributed by atoms with Crippen LogP contribution in [-0.2, 0) is 9.59 Å². The number of nitrogens with zero attached hydrogens (tertiary/aromatic N) is 6. The molecule has 4 heterocycles. The van der Waals surface area contributed by atoms with Crippen LogP contribution in [0.4, 0.5) is 11.5 Å². The van der Waals surface area contributed by atoms with Crippen LogP contribution in [0.2, 0.25) is 0 Å². The summed E-state index contributed by atoms with van der Waals surface area (Å²) in [6.07, 6.45) is 4.24. The van der Waals surface area contributed by atoms with Crippen LogP contribution < -0.4 is 14.5 Å². The maximum Gasteiger partial charge on any atom is 0.230 e. The molecule has 0 radical (unpaired) electrons. The Morgan fingerprint density at radius 2 is 1.94 bits per heavy atom. The van der Waals surface area contributed by atoms with Crippen molar-refractivity contribution in [1.29, 1.82) is 0 Å². The summed E-state index contributed by atoms with van der Waals surface area (Å²) in [5, 5.41) is 4.08. The molecule has 186 valence electrons. The molecule has 3 fully saturated rings. The number of piperazine rings is 1. The highest BCUT2D eigenvalue weighted by Crippen LogP contribution is 2.39. The van der Waals surface area contributed by atoms with Gasteiger partial charge in [-0.2, -0.15) is 4.98 Å². The minimum atomic E-state index is -0.330. The van der Waals surface area contributed by atoms with E-state index in [1.54, 1.807) is 18.2 Å². The molecule has 1 aromatic carbocycles. The third-order valence-corrected chi connectivity index (χ3v) is 7.13. The number of hydrogen-bond acceptors (Lipinski definition) is 8. The van der Waals surface area contributed by atoms with E-state index in [0.717, 1.165) is 29.9 Å². The first kappa shape index (κ1) is 22.5. The van der Waals surface area contributed by atoms with E-state index in [0.29, 0.717) is 56.1 Å². The zero-order valence-corrected chi connectivity index (χ0v) is 20.2. The second kappa shape index (κ2) is 9.25. The van der Waals surface area contributed by atoms with Crippen molar-refractivity contribution >= 4 is 23.3 Å². The monoisotopic (exact) mass is 488 g/mol. The smallest absolute Gasteiger partial charge is 0.230 e. The Morgan fingerprint density at radius 1 is 1.11 bits per heavy atom. The predicted molar refractivity (Wildman–Crippen MR) is 132 cm³/mol. The Morgan fingerprint density at radius 3 is 2.67 bits per heavy atom. The molecule has 2 aliphatic heterocycles. The first-order chi connectivity index (χ1) is 17.6. The van der Waals surface area contributed by atoms with Gasteiger partial charge in [0.1, 0.15) is 11.6 Å². The molecule has 0 N–H and O–H groups in total. The van der Waals surface area contributed by atoms with Gasteiger partial charge in [0.25, 0.3) is 0 Å². The molecule has 2 saturated heterocycles. The van der Waals surface area contributed by atoms with Gasteiger partial charge in [0, 0.05) is 68.6 Å². The minimum absolute atomic E-state index is 0.0321. The highest BCUT2D eigenvalue weighted by molar-refractivity contribution is 6.00. The number of hydrogen-bond donors (Lipinski definition) is 0. The van der Waals surface area contributed by atoms with Crippen molar-refractivity contribution in [2.45, 2.75) is 25.2 Å².